The first-order valence-electron chi connectivity index (χ1n) is 5.37. The SMILES string of the molecule is CCC(C)(CN)c1nc(-c2ccc[nH]2)no1. The van der Waals surface area contributed by atoms with Crippen molar-refractivity contribution in [3.05, 3.63) is 24.2 Å². The van der Waals surface area contributed by atoms with E-state index in [1.807, 2.05) is 25.3 Å². The lowest BCUT2D eigenvalue weighted by molar-refractivity contribution is 0.291. The Kier molecular flexibility index (Phi) is 2.78. The number of nitrogens with zero attached hydrogens (tertiary/aromatic N) is 2. The van der Waals surface area contributed by atoms with E-state index < -0.39 is 0 Å². The smallest absolute Gasteiger partial charge is 0.234 e. The highest BCUT2D eigenvalue weighted by molar-refractivity contribution is 5.48. The average Bonchev–Trinajstić information content (AvgIpc) is 2.97. The molecule has 5 nitrogen and oxygen atoms in total. The van der Waals surface area contributed by atoms with Gasteiger partial charge in [-0.2, -0.15) is 4.98 Å². The van der Waals surface area contributed by atoms with Gasteiger partial charge in [-0.15, -0.1) is 0 Å². The Balaban J connectivity index is 2.33. The van der Waals surface area contributed by atoms with Gasteiger partial charge in [-0.25, -0.2) is 0 Å². The quantitative estimate of drug-likeness (QED) is 0.821. The summed E-state index contributed by atoms with van der Waals surface area (Å²) in [6, 6.07) is 3.80. The van der Waals surface area contributed by atoms with Crippen LogP contribution in [-0.4, -0.2) is 21.7 Å². The van der Waals surface area contributed by atoms with Crippen LogP contribution < -0.4 is 5.73 Å². The molecule has 0 saturated heterocycles. The monoisotopic (exact) mass is 220 g/mol. The summed E-state index contributed by atoms with van der Waals surface area (Å²) < 4.78 is 5.27. The molecular formula is C11H16N4O. The molecule has 86 valence electrons. The van der Waals surface area contributed by atoms with Crippen LogP contribution in [0.2, 0.25) is 0 Å². The number of hydrogen-bond donors (Lipinski definition) is 2. The Morgan fingerprint density at radius 1 is 1.56 bits per heavy atom. The van der Waals surface area contributed by atoms with Gasteiger partial charge >= 0.3 is 0 Å². The molecule has 2 heterocycles. The topological polar surface area (TPSA) is 80.7 Å². The van der Waals surface area contributed by atoms with Gasteiger partial charge in [-0.1, -0.05) is 12.1 Å². The van der Waals surface area contributed by atoms with Crippen molar-refractivity contribution in [2.45, 2.75) is 25.7 Å². The van der Waals surface area contributed by atoms with Crippen molar-refractivity contribution in [2.24, 2.45) is 5.73 Å². The number of nitrogens with two attached hydrogens (primary N) is 1. The number of aromatic nitrogens is 3. The van der Waals surface area contributed by atoms with Crippen LogP contribution in [0, 0.1) is 0 Å². The molecule has 1 unspecified atom stereocenters. The molecule has 16 heavy (non-hydrogen) atoms. The maximum absolute atomic E-state index is 5.74. The third-order valence-electron chi connectivity index (χ3n) is 3.01. The van der Waals surface area contributed by atoms with Gasteiger partial charge in [0.2, 0.25) is 11.7 Å². The van der Waals surface area contributed by atoms with Gasteiger partial charge in [0.05, 0.1) is 11.1 Å². The third-order valence-corrected chi connectivity index (χ3v) is 3.01. The molecule has 0 aliphatic carbocycles. The summed E-state index contributed by atoms with van der Waals surface area (Å²) in [7, 11) is 0. The van der Waals surface area contributed by atoms with Crippen molar-refractivity contribution in [1.82, 2.24) is 15.1 Å². The van der Waals surface area contributed by atoms with Crippen LogP contribution in [0.1, 0.15) is 26.2 Å². The van der Waals surface area contributed by atoms with E-state index in [9.17, 15) is 0 Å². The van der Waals surface area contributed by atoms with E-state index in [0.717, 1.165) is 12.1 Å². The molecule has 1 atom stereocenters. The predicted octanol–water partition coefficient (Wildman–Crippen LogP) is 1.69. The molecule has 0 saturated carbocycles. The zero-order valence-corrected chi connectivity index (χ0v) is 9.53. The van der Waals surface area contributed by atoms with Gasteiger partial charge in [0.25, 0.3) is 0 Å². The molecule has 0 amide bonds. The number of rotatable bonds is 4. The van der Waals surface area contributed by atoms with E-state index in [4.69, 9.17) is 10.3 Å². The Morgan fingerprint density at radius 3 is 2.94 bits per heavy atom. The Bertz CT molecular complexity index is 442. The Morgan fingerprint density at radius 2 is 2.38 bits per heavy atom. The van der Waals surface area contributed by atoms with Gasteiger partial charge in [0.1, 0.15) is 0 Å². The molecule has 0 spiro atoms. The summed E-state index contributed by atoms with van der Waals surface area (Å²) in [5.74, 6) is 1.18. The normalized spacial score (nSPS) is 14.9. The van der Waals surface area contributed by atoms with E-state index in [1.54, 1.807) is 0 Å². The lowest BCUT2D eigenvalue weighted by Crippen LogP contribution is -2.31. The first kappa shape index (κ1) is 10.9. The van der Waals surface area contributed by atoms with Gasteiger partial charge in [-0.3, -0.25) is 0 Å². The molecule has 2 aromatic rings. The first-order chi connectivity index (χ1) is 7.69. The zero-order valence-electron chi connectivity index (χ0n) is 9.53. The predicted molar refractivity (Wildman–Crippen MR) is 60.8 cm³/mol. The molecule has 0 radical (unpaired) electrons. The molecule has 0 bridgehead atoms. The number of aromatic amines is 1. The van der Waals surface area contributed by atoms with Crippen molar-refractivity contribution < 1.29 is 4.52 Å². The standard InChI is InChI=1S/C11H16N4O/c1-3-11(2,7-12)10-14-9(15-16-10)8-5-4-6-13-8/h4-6,13H,3,7,12H2,1-2H3. The van der Waals surface area contributed by atoms with Crippen LogP contribution in [0.3, 0.4) is 0 Å². The molecule has 0 aliphatic rings. The van der Waals surface area contributed by atoms with Crippen molar-refractivity contribution in [1.29, 1.82) is 0 Å². The van der Waals surface area contributed by atoms with E-state index in [-0.39, 0.29) is 5.41 Å². The summed E-state index contributed by atoms with van der Waals surface area (Å²) in [6.45, 7) is 4.58. The van der Waals surface area contributed by atoms with E-state index >= 15 is 0 Å². The highest BCUT2D eigenvalue weighted by Crippen LogP contribution is 2.26. The fourth-order valence-electron chi connectivity index (χ4n) is 1.43. The lowest BCUT2D eigenvalue weighted by Gasteiger charge is -2.20. The molecule has 2 aromatic heterocycles. The summed E-state index contributed by atoms with van der Waals surface area (Å²) in [4.78, 5) is 7.42. The fourth-order valence-corrected chi connectivity index (χ4v) is 1.43. The summed E-state index contributed by atoms with van der Waals surface area (Å²) in [6.07, 6.45) is 2.70. The molecule has 5 heteroatoms. The zero-order chi connectivity index (χ0) is 11.6. The van der Waals surface area contributed by atoms with Crippen molar-refractivity contribution in [3.63, 3.8) is 0 Å². The molecule has 0 aliphatic heterocycles. The van der Waals surface area contributed by atoms with Gasteiger partial charge in [0.15, 0.2) is 0 Å². The Labute approximate surface area is 94.0 Å². The third kappa shape index (κ3) is 1.74. The molecular weight excluding hydrogens is 204 g/mol. The first-order valence-corrected chi connectivity index (χ1v) is 5.37. The fraction of sp³-hybridized carbons (Fsp3) is 0.455. The van der Waals surface area contributed by atoms with Crippen LogP contribution in [0.25, 0.3) is 11.5 Å². The van der Waals surface area contributed by atoms with Gasteiger partial charge in [-0.05, 0) is 25.5 Å². The minimum atomic E-state index is -0.238. The number of nitrogens with one attached hydrogen (secondary N) is 1. The number of H-pyrrole nitrogens is 1. The second-order valence-corrected chi connectivity index (χ2v) is 4.13. The van der Waals surface area contributed by atoms with Crippen LogP contribution in [0.15, 0.2) is 22.9 Å². The highest BCUT2D eigenvalue weighted by Gasteiger charge is 2.29. The minimum Gasteiger partial charge on any atom is -0.359 e. The van der Waals surface area contributed by atoms with E-state index in [2.05, 4.69) is 22.0 Å². The molecule has 3 N–H and O–H groups in total. The summed E-state index contributed by atoms with van der Waals surface area (Å²) in [5.41, 5.74) is 6.36. The van der Waals surface area contributed by atoms with E-state index in [1.165, 1.54) is 0 Å². The molecule has 2 rings (SSSR count). The van der Waals surface area contributed by atoms with Crippen LogP contribution in [0.4, 0.5) is 0 Å². The summed E-state index contributed by atoms with van der Waals surface area (Å²) in [5, 5.41) is 3.95. The molecule has 0 fully saturated rings. The second kappa shape index (κ2) is 4.09. The summed E-state index contributed by atoms with van der Waals surface area (Å²) >= 11 is 0. The minimum absolute atomic E-state index is 0.238. The van der Waals surface area contributed by atoms with Crippen molar-refractivity contribution >= 4 is 0 Å². The van der Waals surface area contributed by atoms with Crippen molar-refractivity contribution in [3.8, 4) is 11.5 Å². The van der Waals surface area contributed by atoms with Gasteiger partial charge < -0.3 is 15.2 Å². The average molecular weight is 220 g/mol. The lowest BCUT2D eigenvalue weighted by atomic mass is 9.88. The highest BCUT2D eigenvalue weighted by atomic mass is 16.5. The number of hydrogen-bond acceptors (Lipinski definition) is 4. The largest absolute Gasteiger partial charge is 0.359 e. The molecule has 0 aromatic carbocycles. The van der Waals surface area contributed by atoms with Crippen LogP contribution in [0.5, 0.6) is 0 Å². The maximum atomic E-state index is 5.74. The maximum Gasteiger partial charge on any atom is 0.234 e. The van der Waals surface area contributed by atoms with E-state index in [0.29, 0.717) is 18.3 Å². The Hall–Kier alpha value is -1.62. The van der Waals surface area contributed by atoms with Crippen molar-refractivity contribution in [2.75, 3.05) is 6.54 Å². The second-order valence-electron chi connectivity index (χ2n) is 4.13. The van der Waals surface area contributed by atoms with Crippen LogP contribution in [-0.2, 0) is 5.41 Å². The van der Waals surface area contributed by atoms with Gasteiger partial charge in [0, 0.05) is 12.7 Å². The van der Waals surface area contributed by atoms with Crippen LogP contribution >= 0.6 is 0 Å².